The molecule has 0 aromatic carbocycles. The summed E-state index contributed by atoms with van der Waals surface area (Å²) in [6, 6.07) is 0. The summed E-state index contributed by atoms with van der Waals surface area (Å²) in [6.45, 7) is 5.67. The zero-order valence-corrected chi connectivity index (χ0v) is 8.33. The Kier molecular flexibility index (Phi) is 23.0. The van der Waals surface area contributed by atoms with Gasteiger partial charge in [0.2, 0.25) is 0 Å². The van der Waals surface area contributed by atoms with Gasteiger partial charge in [-0.1, -0.05) is 0 Å². The van der Waals surface area contributed by atoms with Crippen LogP contribution >= 0.6 is 31.5 Å². The minimum absolute atomic E-state index is 0.844. The average molecular weight is 245 g/mol. The van der Waals surface area contributed by atoms with Gasteiger partial charge < -0.3 is 4.74 Å². The molecule has 0 aliphatic rings. The molecule has 0 spiro atoms. The van der Waals surface area contributed by atoms with Gasteiger partial charge in [0.15, 0.2) is 0 Å². The van der Waals surface area contributed by atoms with Crippen molar-refractivity contribution in [2.75, 3.05) is 13.2 Å². The largest absolute Gasteiger partial charge is 0.382 e. The van der Waals surface area contributed by atoms with E-state index in [4.69, 9.17) is 4.74 Å². The normalized spacial score (nSPS) is 7.00. The smallest absolute Gasteiger partial charge is 0.294 e. The molecule has 0 heterocycles. The predicted octanol–water partition coefficient (Wildman–Crippen LogP) is 2.35. The molecule has 0 fully saturated rings. The van der Waals surface area contributed by atoms with E-state index in [9.17, 15) is 0 Å². The summed E-state index contributed by atoms with van der Waals surface area (Å²) < 4.78 is 4.83. The number of rotatable bonds is 2. The van der Waals surface area contributed by atoms with Gasteiger partial charge in [-0.15, -0.1) is 31.5 Å². The molecule has 0 atom stereocenters. The fraction of sp³-hybridized carbons (Fsp3) is 1.00. The third-order valence-corrected chi connectivity index (χ3v) is 0.408. The van der Waals surface area contributed by atoms with Crippen molar-refractivity contribution in [3.8, 4) is 0 Å². The van der Waals surface area contributed by atoms with Gasteiger partial charge in [0.25, 0.3) is 4.93 Å². The Hall–Kier alpha value is 0.985. The van der Waals surface area contributed by atoms with Crippen LogP contribution in [-0.4, -0.2) is 18.1 Å². The summed E-state index contributed by atoms with van der Waals surface area (Å²) in [4.78, 5) is 1.62. The Balaban J connectivity index is 0. The summed E-state index contributed by atoms with van der Waals surface area (Å²) in [5.41, 5.74) is 0. The number of halogens is 2. The Morgan fingerprint density at radius 2 is 1.50 bits per heavy atom. The van der Waals surface area contributed by atoms with Gasteiger partial charge in [0.05, 0.1) is 0 Å². The van der Waals surface area contributed by atoms with Crippen molar-refractivity contribution < 1.29 is 4.74 Å². The van der Waals surface area contributed by atoms with E-state index in [-0.39, 0.29) is 0 Å². The molecule has 1 nitrogen and oxygen atoms in total. The van der Waals surface area contributed by atoms with Crippen molar-refractivity contribution in [1.29, 1.82) is 0 Å². The van der Waals surface area contributed by atoms with Gasteiger partial charge in [-0.05, 0) is 13.8 Å². The van der Waals surface area contributed by atoms with Crippen molar-refractivity contribution >= 4 is 36.4 Å². The van der Waals surface area contributed by atoms with E-state index < -0.39 is 0 Å². The van der Waals surface area contributed by atoms with E-state index in [1.54, 1.807) is 4.93 Å². The van der Waals surface area contributed by atoms with Crippen molar-refractivity contribution in [3.05, 3.63) is 0 Å². The van der Waals surface area contributed by atoms with Gasteiger partial charge in [-0.2, -0.15) is 0 Å². The molecule has 0 amide bonds. The van der Waals surface area contributed by atoms with Gasteiger partial charge in [-0.3, -0.25) is 0 Å². The molecule has 0 rings (SSSR count). The second-order valence-electron chi connectivity index (χ2n) is 0.864. The predicted molar refractivity (Wildman–Crippen MR) is 45.8 cm³/mol. The first kappa shape index (κ1) is 11.7. The second kappa shape index (κ2) is 15.7. The van der Waals surface area contributed by atoms with Crippen molar-refractivity contribution in [2.24, 2.45) is 0 Å². The molecule has 0 aromatic heterocycles. The van der Waals surface area contributed by atoms with E-state index in [0.717, 1.165) is 13.2 Å². The van der Waals surface area contributed by atoms with E-state index in [1.807, 2.05) is 13.8 Å². The Bertz CT molecular complexity index is 28.0. The molecule has 0 unspecified atom stereocenters. The minimum Gasteiger partial charge on any atom is -0.382 e. The standard InChI is InChI=1S/C4H10O.BBr2/c1-3-5-4-2;2-1-3/h3-4H2,1-2H3;. The van der Waals surface area contributed by atoms with Gasteiger partial charge in [0.1, 0.15) is 0 Å². The highest BCUT2D eigenvalue weighted by molar-refractivity contribution is 9.47. The van der Waals surface area contributed by atoms with Gasteiger partial charge >= 0.3 is 0 Å². The van der Waals surface area contributed by atoms with Gasteiger partial charge in [0, 0.05) is 13.2 Å². The Morgan fingerprint density at radius 3 is 1.50 bits per heavy atom. The van der Waals surface area contributed by atoms with E-state index >= 15 is 0 Å². The zero-order valence-electron chi connectivity index (χ0n) is 5.16. The molecular formula is C4H10BBr2O. The lowest BCUT2D eigenvalue weighted by molar-refractivity contribution is 0.162. The van der Waals surface area contributed by atoms with Crippen LogP contribution in [0.1, 0.15) is 13.8 Å². The van der Waals surface area contributed by atoms with Crippen molar-refractivity contribution in [1.82, 2.24) is 0 Å². The highest BCUT2D eigenvalue weighted by Crippen LogP contribution is 1.77. The molecule has 0 aliphatic carbocycles. The number of ether oxygens (including phenoxy) is 1. The van der Waals surface area contributed by atoms with Crippen LogP contribution in [0.2, 0.25) is 0 Å². The molecule has 1 radical (unpaired) electrons. The molecule has 0 aliphatic heterocycles. The van der Waals surface area contributed by atoms with Crippen LogP contribution in [0, 0.1) is 0 Å². The Labute approximate surface area is 68.4 Å². The zero-order chi connectivity index (χ0) is 6.83. The SMILES string of the molecule is Br[B]Br.CCOCC. The number of hydrogen-bond acceptors (Lipinski definition) is 1. The van der Waals surface area contributed by atoms with E-state index in [2.05, 4.69) is 31.5 Å². The molecule has 49 valence electrons. The average Bonchev–Trinajstić information content (AvgIpc) is 1.71. The Morgan fingerprint density at radius 1 is 1.25 bits per heavy atom. The summed E-state index contributed by atoms with van der Waals surface area (Å²) in [6.07, 6.45) is 0. The van der Waals surface area contributed by atoms with Crippen LogP contribution < -0.4 is 0 Å². The van der Waals surface area contributed by atoms with Crippen LogP contribution in [0.3, 0.4) is 0 Å². The fourth-order valence-corrected chi connectivity index (χ4v) is 0.204. The summed E-state index contributed by atoms with van der Waals surface area (Å²) in [5.74, 6) is 0. The molecule has 8 heavy (non-hydrogen) atoms. The maximum Gasteiger partial charge on any atom is 0.294 e. The fourth-order valence-electron chi connectivity index (χ4n) is 0.204. The lowest BCUT2D eigenvalue weighted by Crippen LogP contribution is -1.84. The van der Waals surface area contributed by atoms with E-state index in [1.165, 1.54) is 0 Å². The molecule has 0 saturated heterocycles. The van der Waals surface area contributed by atoms with Crippen molar-refractivity contribution in [2.45, 2.75) is 13.8 Å². The van der Waals surface area contributed by atoms with Crippen LogP contribution in [0.15, 0.2) is 0 Å². The summed E-state index contributed by atoms with van der Waals surface area (Å²) >= 11 is 5.88. The topological polar surface area (TPSA) is 9.23 Å². The van der Waals surface area contributed by atoms with Gasteiger partial charge in [-0.25, -0.2) is 0 Å². The quantitative estimate of drug-likeness (QED) is 0.678. The monoisotopic (exact) mass is 243 g/mol. The maximum absolute atomic E-state index is 4.83. The first-order valence-electron chi connectivity index (χ1n) is 2.43. The molecule has 0 aromatic rings. The maximum atomic E-state index is 4.83. The third kappa shape index (κ3) is 28.1. The minimum atomic E-state index is 0.844. The van der Waals surface area contributed by atoms with Crippen LogP contribution in [0.25, 0.3) is 0 Å². The van der Waals surface area contributed by atoms with Crippen LogP contribution in [0.4, 0.5) is 0 Å². The first-order chi connectivity index (χ1) is 3.83. The lowest BCUT2D eigenvalue weighted by atomic mass is 10.8. The molecular weight excluding hydrogens is 235 g/mol. The highest BCUT2D eigenvalue weighted by atomic mass is 79.9. The third-order valence-electron chi connectivity index (χ3n) is 0.408. The van der Waals surface area contributed by atoms with Crippen molar-refractivity contribution in [3.63, 3.8) is 0 Å². The second-order valence-corrected chi connectivity index (χ2v) is 3.01. The van der Waals surface area contributed by atoms with Crippen LogP contribution in [0.5, 0.6) is 0 Å². The highest BCUT2D eigenvalue weighted by Gasteiger charge is 1.64. The number of hydrogen-bond donors (Lipinski definition) is 0. The molecule has 0 saturated carbocycles. The first-order valence-corrected chi connectivity index (χ1v) is 4.26. The molecule has 0 N–H and O–H groups in total. The summed E-state index contributed by atoms with van der Waals surface area (Å²) in [7, 11) is 0. The summed E-state index contributed by atoms with van der Waals surface area (Å²) in [5, 5.41) is 0. The molecule has 0 bridgehead atoms. The lowest BCUT2D eigenvalue weighted by Gasteiger charge is -1.86. The van der Waals surface area contributed by atoms with E-state index in [0.29, 0.717) is 0 Å². The molecule has 4 heteroatoms. The van der Waals surface area contributed by atoms with Crippen LogP contribution in [-0.2, 0) is 4.74 Å².